The van der Waals surface area contributed by atoms with Crippen LogP contribution in [0.4, 0.5) is 16.2 Å². The molecule has 2 N–H and O–H groups in total. The maximum Gasteiger partial charge on any atom is 0.319 e. The highest BCUT2D eigenvalue weighted by molar-refractivity contribution is 6.33. The van der Waals surface area contributed by atoms with Crippen LogP contribution in [0.15, 0.2) is 42.6 Å². The number of fused-ring (bicyclic) bond motifs is 1. The molecule has 176 valence electrons. The van der Waals surface area contributed by atoms with Gasteiger partial charge >= 0.3 is 6.03 Å². The van der Waals surface area contributed by atoms with Gasteiger partial charge in [0.25, 0.3) is 0 Å². The second-order valence-corrected chi connectivity index (χ2v) is 8.67. The van der Waals surface area contributed by atoms with E-state index in [-0.39, 0.29) is 6.03 Å². The van der Waals surface area contributed by atoms with Gasteiger partial charge in [0.2, 0.25) is 5.69 Å². The number of aromatic nitrogens is 1. The number of hydrogen-bond acceptors (Lipinski definition) is 5. The van der Waals surface area contributed by atoms with Gasteiger partial charge in [-0.1, -0.05) is 11.6 Å². The fourth-order valence-corrected chi connectivity index (χ4v) is 4.06. The largest absolute Gasteiger partial charge is 0.504 e. The first kappa shape index (κ1) is 23.6. The molecule has 34 heavy (non-hydrogen) atoms. The molecule has 1 fully saturated rings. The molecule has 1 aliphatic heterocycles. The third-order valence-corrected chi connectivity index (χ3v) is 6.17. The molecule has 0 bridgehead atoms. The second kappa shape index (κ2) is 10.6. The number of halogens is 1. The zero-order valence-electron chi connectivity index (χ0n) is 19.1. The average Bonchev–Trinajstić information content (AvgIpc) is 2.85. The van der Waals surface area contributed by atoms with Crippen LogP contribution < -0.4 is 20.1 Å². The molecule has 3 aromatic rings. The predicted octanol–water partition coefficient (Wildman–Crippen LogP) is 5.70. The Kier molecular flexibility index (Phi) is 7.36. The summed E-state index contributed by atoms with van der Waals surface area (Å²) in [5.41, 5.74) is 1.56. The molecule has 0 atom stereocenters. The molecule has 1 aliphatic rings. The summed E-state index contributed by atoms with van der Waals surface area (Å²) in [6, 6.07) is 9.91. The van der Waals surface area contributed by atoms with Gasteiger partial charge in [0.15, 0.2) is 0 Å². The normalized spacial score (nSPS) is 14.4. The fourth-order valence-electron chi connectivity index (χ4n) is 3.84. The lowest BCUT2D eigenvalue weighted by Gasteiger charge is -2.28. The van der Waals surface area contributed by atoms with Gasteiger partial charge in [-0.3, -0.25) is 4.98 Å². The molecule has 0 saturated carbocycles. The Morgan fingerprint density at radius 3 is 2.74 bits per heavy atom. The first-order valence-electron chi connectivity index (χ1n) is 11.0. The highest BCUT2D eigenvalue weighted by Gasteiger charge is 2.19. The van der Waals surface area contributed by atoms with Crippen molar-refractivity contribution < 1.29 is 14.3 Å². The van der Waals surface area contributed by atoms with Crippen LogP contribution in [0.5, 0.6) is 17.2 Å². The number of urea groups is 1. The van der Waals surface area contributed by atoms with E-state index in [1.807, 2.05) is 0 Å². The second-order valence-electron chi connectivity index (χ2n) is 8.26. The highest BCUT2D eigenvalue weighted by atomic mass is 35.5. The molecule has 0 unspecified atom stereocenters. The van der Waals surface area contributed by atoms with Crippen molar-refractivity contribution in [3.8, 4) is 17.2 Å². The standard InChI is InChI=1S/C25H26ClN5O3/c1-27-22-13-18-21(14-24(22)33-15-16-7-10-31(3)11-8-16)29-9-6-23(18)34-17-4-5-20(19(26)12-17)30-25(32)28-2/h4-6,9,12-14,16H,7-8,10-11,15H2,2-3H3,(H2,28,30,32). The first-order valence-corrected chi connectivity index (χ1v) is 11.4. The summed E-state index contributed by atoms with van der Waals surface area (Å²) in [5.74, 6) is 2.06. The van der Waals surface area contributed by atoms with Crippen molar-refractivity contribution >= 4 is 39.9 Å². The van der Waals surface area contributed by atoms with Crippen molar-refractivity contribution in [3.63, 3.8) is 0 Å². The van der Waals surface area contributed by atoms with Crippen LogP contribution in [0, 0.1) is 12.5 Å². The number of carbonyl (C=O) groups is 1. The van der Waals surface area contributed by atoms with Crippen LogP contribution in [0.2, 0.25) is 5.02 Å². The monoisotopic (exact) mass is 479 g/mol. The molecule has 0 aliphatic carbocycles. The Hall–Kier alpha value is -3.54. The minimum absolute atomic E-state index is 0.339. The number of nitrogens with one attached hydrogen (secondary N) is 2. The van der Waals surface area contributed by atoms with Gasteiger partial charge in [-0.2, -0.15) is 0 Å². The summed E-state index contributed by atoms with van der Waals surface area (Å²) in [5, 5.41) is 6.16. The Morgan fingerprint density at radius 1 is 1.24 bits per heavy atom. The lowest BCUT2D eigenvalue weighted by molar-refractivity contribution is 0.160. The van der Waals surface area contributed by atoms with Crippen LogP contribution in [0.25, 0.3) is 15.7 Å². The highest BCUT2D eigenvalue weighted by Crippen LogP contribution is 2.38. The summed E-state index contributed by atoms with van der Waals surface area (Å²) in [7, 11) is 3.66. The molecule has 0 radical (unpaired) electrons. The molecule has 9 heteroatoms. The number of ether oxygens (including phenoxy) is 2. The van der Waals surface area contributed by atoms with Gasteiger partial charge in [0.1, 0.15) is 17.2 Å². The molecule has 1 aromatic heterocycles. The number of pyridine rings is 1. The van der Waals surface area contributed by atoms with Crippen molar-refractivity contribution in [3.05, 3.63) is 59.0 Å². The summed E-state index contributed by atoms with van der Waals surface area (Å²) >= 11 is 6.30. The van der Waals surface area contributed by atoms with E-state index in [1.54, 1.807) is 42.6 Å². The van der Waals surface area contributed by atoms with Crippen LogP contribution in [-0.2, 0) is 0 Å². The quantitative estimate of drug-likeness (QED) is 0.443. The Morgan fingerprint density at radius 2 is 2.03 bits per heavy atom. The van der Waals surface area contributed by atoms with E-state index in [0.29, 0.717) is 57.1 Å². The third kappa shape index (κ3) is 5.50. The minimum atomic E-state index is -0.365. The van der Waals surface area contributed by atoms with E-state index in [4.69, 9.17) is 27.6 Å². The smallest absolute Gasteiger partial charge is 0.319 e. The first-order chi connectivity index (χ1) is 16.5. The molecule has 1 saturated heterocycles. The van der Waals surface area contributed by atoms with Crippen LogP contribution >= 0.6 is 11.6 Å². The number of anilines is 1. The van der Waals surface area contributed by atoms with E-state index in [2.05, 4.69) is 32.4 Å². The zero-order valence-corrected chi connectivity index (χ0v) is 19.9. The van der Waals surface area contributed by atoms with Gasteiger partial charge in [-0.25, -0.2) is 9.64 Å². The molecular formula is C25H26ClN5O3. The van der Waals surface area contributed by atoms with Crippen molar-refractivity contribution in [2.75, 3.05) is 39.1 Å². The molecule has 8 nitrogen and oxygen atoms in total. The topological polar surface area (TPSA) is 80.1 Å². The van der Waals surface area contributed by atoms with Crippen LogP contribution in [0.3, 0.4) is 0 Å². The predicted molar refractivity (Wildman–Crippen MR) is 133 cm³/mol. The lowest BCUT2D eigenvalue weighted by atomic mass is 9.98. The summed E-state index contributed by atoms with van der Waals surface area (Å²) in [6.45, 7) is 10.4. The van der Waals surface area contributed by atoms with Gasteiger partial charge in [0.05, 0.1) is 29.4 Å². The van der Waals surface area contributed by atoms with Gasteiger partial charge in [0, 0.05) is 24.7 Å². The Labute approximate surface area is 203 Å². The molecule has 2 amide bonds. The third-order valence-electron chi connectivity index (χ3n) is 5.86. The molecule has 0 spiro atoms. The number of carbonyl (C=O) groups excluding carboxylic acids is 1. The van der Waals surface area contributed by atoms with Gasteiger partial charge in [-0.05, 0) is 69.2 Å². The van der Waals surface area contributed by atoms with Crippen molar-refractivity contribution in [2.24, 2.45) is 5.92 Å². The Bertz CT molecular complexity index is 1240. The number of likely N-dealkylation sites (tertiary alicyclic amines) is 1. The number of hydrogen-bond donors (Lipinski definition) is 2. The number of rotatable bonds is 6. The zero-order chi connectivity index (χ0) is 24.1. The van der Waals surface area contributed by atoms with Crippen molar-refractivity contribution in [1.29, 1.82) is 0 Å². The van der Waals surface area contributed by atoms with E-state index in [9.17, 15) is 4.79 Å². The molecule has 2 aromatic carbocycles. The summed E-state index contributed by atoms with van der Waals surface area (Å²) in [6.07, 6.45) is 3.83. The van der Waals surface area contributed by atoms with E-state index in [1.165, 1.54) is 7.05 Å². The summed E-state index contributed by atoms with van der Waals surface area (Å²) < 4.78 is 12.1. The number of amides is 2. The average molecular weight is 480 g/mol. The number of piperidine rings is 1. The van der Waals surface area contributed by atoms with Crippen molar-refractivity contribution in [2.45, 2.75) is 12.8 Å². The van der Waals surface area contributed by atoms with Crippen LogP contribution in [0.1, 0.15) is 12.8 Å². The SMILES string of the molecule is [C-]#[N+]c1cc2c(Oc3ccc(NC(=O)NC)c(Cl)c3)ccnc2cc1OCC1CCN(C)CC1. The van der Waals surface area contributed by atoms with Gasteiger partial charge < -0.3 is 25.0 Å². The number of benzene rings is 2. The van der Waals surface area contributed by atoms with Crippen molar-refractivity contribution in [1.82, 2.24) is 15.2 Å². The van der Waals surface area contributed by atoms with E-state index < -0.39 is 0 Å². The fraction of sp³-hybridized carbons (Fsp3) is 0.320. The minimum Gasteiger partial charge on any atom is -0.504 e. The molecule has 4 rings (SSSR count). The lowest BCUT2D eigenvalue weighted by Crippen LogP contribution is -2.32. The molecular weight excluding hydrogens is 454 g/mol. The maximum atomic E-state index is 11.5. The van der Waals surface area contributed by atoms with E-state index >= 15 is 0 Å². The van der Waals surface area contributed by atoms with E-state index in [0.717, 1.165) is 25.9 Å². The maximum absolute atomic E-state index is 11.5. The van der Waals surface area contributed by atoms with Gasteiger partial charge in [-0.15, -0.1) is 0 Å². The summed E-state index contributed by atoms with van der Waals surface area (Å²) in [4.78, 5) is 22.0. The number of nitrogens with zero attached hydrogens (tertiary/aromatic N) is 3. The Balaban J connectivity index is 1.54. The molecule has 2 heterocycles. The van der Waals surface area contributed by atoms with Crippen LogP contribution in [-0.4, -0.2) is 49.7 Å².